The molecule has 2 rings (SSSR count). The van der Waals surface area contributed by atoms with Gasteiger partial charge in [-0.25, -0.2) is 0 Å². The van der Waals surface area contributed by atoms with Crippen molar-refractivity contribution >= 4 is 24.4 Å². The Labute approximate surface area is 156 Å². The molecule has 0 bridgehead atoms. The molecule has 0 saturated carbocycles. The predicted octanol–water partition coefficient (Wildman–Crippen LogP) is 3.11. The third-order valence-electron chi connectivity index (χ3n) is 4.56. The van der Waals surface area contributed by atoms with Crippen molar-refractivity contribution in [2.75, 3.05) is 26.8 Å². The number of hydrogen-bond donors (Lipinski definition) is 1. The maximum Gasteiger partial charge on any atom is 0.260 e. The molecular formula is C19H29ClN2O3. The van der Waals surface area contributed by atoms with Crippen LogP contribution in [-0.4, -0.2) is 43.7 Å². The highest BCUT2D eigenvalue weighted by Crippen LogP contribution is 2.30. The van der Waals surface area contributed by atoms with Crippen molar-refractivity contribution in [3.05, 3.63) is 29.8 Å². The van der Waals surface area contributed by atoms with Crippen LogP contribution in [0.25, 0.3) is 6.08 Å². The van der Waals surface area contributed by atoms with Crippen LogP contribution in [0.1, 0.15) is 32.8 Å². The fourth-order valence-corrected chi connectivity index (χ4v) is 2.92. The topological polar surface area (TPSA) is 64.8 Å². The number of nitrogens with zero attached hydrogens (tertiary/aromatic N) is 1. The number of carbonyl (C=O) groups is 1. The van der Waals surface area contributed by atoms with Crippen LogP contribution in [0.2, 0.25) is 0 Å². The van der Waals surface area contributed by atoms with Gasteiger partial charge in [-0.2, -0.15) is 0 Å². The molecule has 2 N–H and O–H groups in total. The van der Waals surface area contributed by atoms with E-state index in [0.717, 1.165) is 12.0 Å². The van der Waals surface area contributed by atoms with Crippen LogP contribution in [0, 0.1) is 5.41 Å². The minimum absolute atomic E-state index is 0. The summed E-state index contributed by atoms with van der Waals surface area (Å²) < 4.78 is 11.1. The van der Waals surface area contributed by atoms with E-state index < -0.39 is 0 Å². The van der Waals surface area contributed by atoms with Crippen LogP contribution in [0.5, 0.6) is 11.5 Å². The second-order valence-electron chi connectivity index (χ2n) is 6.90. The summed E-state index contributed by atoms with van der Waals surface area (Å²) in [4.78, 5) is 14.3. The molecule has 1 heterocycles. The summed E-state index contributed by atoms with van der Waals surface area (Å²) in [5.41, 5.74) is 7.08. The van der Waals surface area contributed by atoms with Gasteiger partial charge in [0, 0.05) is 19.1 Å². The molecule has 1 fully saturated rings. The quantitative estimate of drug-likeness (QED) is 0.867. The Hall–Kier alpha value is -1.72. The molecule has 0 spiro atoms. The van der Waals surface area contributed by atoms with E-state index in [4.69, 9.17) is 15.2 Å². The summed E-state index contributed by atoms with van der Waals surface area (Å²) in [7, 11) is 1.60. The van der Waals surface area contributed by atoms with Crippen LogP contribution in [0.15, 0.2) is 24.3 Å². The van der Waals surface area contributed by atoms with Gasteiger partial charge in [-0.1, -0.05) is 32.1 Å². The first-order chi connectivity index (χ1) is 11.4. The molecule has 6 heteroatoms. The normalized spacial score (nSPS) is 19.4. The average Bonchev–Trinajstić information content (AvgIpc) is 2.55. The van der Waals surface area contributed by atoms with Gasteiger partial charge in [-0.15, -0.1) is 12.4 Å². The molecule has 5 nitrogen and oxygen atoms in total. The van der Waals surface area contributed by atoms with Crippen LogP contribution < -0.4 is 15.2 Å². The van der Waals surface area contributed by atoms with Gasteiger partial charge in [0.05, 0.1) is 7.11 Å². The standard InChI is InChI=1S/C19H28N2O3.ClH/c1-5-6-14-7-8-15(16(11-14)23-4)24-12-18(22)21-10-9-17(20)19(2,3)13-21;/h5-8,11,17H,9-10,12-13,20H2,1-4H3;1H/b6-5+;. The van der Waals surface area contributed by atoms with Crippen molar-refractivity contribution in [3.8, 4) is 11.5 Å². The largest absolute Gasteiger partial charge is 0.493 e. The van der Waals surface area contributed by atoms with Gasteiger partial charge >= 0.3 is 0 Å². The van der Waals surface area contributed by atoms with Crippen LogP contribution >= 0.6 is 12.4 Å². The number of ether oxygens (including phenoxy) is 2. The number of carbonyl (C=O) groups excluding carboxylic acids is 1. The highest BCUT2D eigenvalue weighted by atomic mass is 35.5. The molecule has 0 aromatic heterocycles. The van der Waals surface area contributed by atoms with Gasteiger partial charge in [0.25, 0.3) is 5.91 Å². The van der Waals surface area contributed by atoms with Gasteiger partial charge in [0.1, 0.15) is 0 Å². The fourth-order valence-electron chi connectivity index (χ4n) is 2.92. The molecule has 140 valence electrons. The summed E-state index contributed by atoms with van der Waals surface area (Å²) in [6, 6.07) is 5.79. The summed E-state index contributed by atoms with van der Waals surface area (Å²) in [6.07, 6.45) is 4.76. The van der Waals surface area contributed by atoms with Crippen LogP contribution in [0.4, 0.5) is 0 Å². The van der Waals surface area contributed by atoms with Crippen LogP contribution in [0.3, 0.4) is 0 Å². The lowest BCUT2D eigenvalue weighted by atomic mass is 9.80. The van der Waals surface area contributed by atoms with Gasteiger partial charge in [0.2, 0.25) is 0 Å². The molecule has 25 heavy (non-hydrogen) atoms. The molecule has 0 radical (unpaired) electrons. The van der Waals surface area contributed by atoms with Crippen molar-refractivity contribution in [3.63, 3.8) is 0 Å². The number of benzene rings is 1. The van der Waals surface area contributed by atoms with E-state index in [0.29, 0.717) is 24.6 Å². The first-order valence-electron chi connectivity index (χ1n) is 8.34. The highest BCUT2D eigenvalue weighted by molar-refractivity contribution is 5.85. The predicted molar refractivity (Wildman–Crippen MR) is 103 cm³/mol. The van der Waals surface area contributed by atoms with E-state index in [2.05, 4.69) is 13.8 Å². The number of hydrogen-bond acceptors (Lipinski definition) is 4. The van der Waals surface area contributed by atoms with Crippen molar-refractivity contribution in [2.24, 2.45) is 11.1 Å². The van der Waals surface area contributed by atoms with E-state index in [1.807, 2.05) is 42.2 Å². The molecule has 1 aromatic carbocycles. The molecule has 0 aliphatic carbocycles. The molecule has 1 aliphatic heterocycles. The number of nitrogens with two attached hydrogens (primary N) is 1. The zero-order valence-corrected chi connectivity index (χ0v) is 16.3. The van der Waals surface area contributed by atoms with Gasteiger partial charge in [-0.05, 0) is 36.5 Å². The molecule has 1 unspecified atom stereocenters. The molecule has 1 saturated heterocycles. The lowest BCUT2D eigenvalue weighted by molar-refractivity contribution is -0.136. The third-order valence-corrected chi connectivity index (χ3v) is 4.56. The first-order valence-corrected chi connectivity index (χ1v) is 8.34. The molecule has 1 amide bonds. The average molecular weight is 369 g/mol. The summed E-state index contributed by atoms with van der Waals surface area (Å²) in [5.74, 6) is 1.18. The second kappa shape index (κ2) is 9.11. The fraction of sp³-hybridized carbons (Fsp3) is 0.526. The zero-order valence-electron chi connectivity index (χ0n) is 15.5. The maximum atomic E-state index is 12.4. The first kappa shape index (κ1) is 21.3. The lowest BCUT2D eigenvalue weighted by Crippen LogP contribution is -2.54. The molecular weight excluding hydrogens is 340 g/mol. The summed E-state index contributed by atoms with van der Waals surface area (Å²) >= 11 is 0. The van der Waals surface area contributed by atoms with Crippen molar-refractivity contribution in [1.82, 2.24) is 4.90 Å². The third kappa shape index (κ3) is 5.38. The number of likely N-dealkylation sites (tertiary alicyclic amines) is 1. The Morgan fingerprint density at radius 3 is 2.72 bits per heavy atom. The van der Waals surface area contributed by atoms with E-state index in [9.17, 15) is 4.79 Å². The van der Waals surface area contributed by atoms with E-state index in [1.54, 1.807) is 7.11 Å². The lowest BCUT2D eigenvalue weighted by Gasteiger charge is -2.42. The number of halogens is 1. The van der Waals surface area contributed by atoms with Gasteiger partial charge in [-0.3, -0.25) is 4.79 Å². The maximum absolute atomic E-state index is 12.4. The molecule has 1 atom stereocenters. The van der Waals surface area contributed by atoms with E-state index in [1.165, 1.54) is 0 Å². The number of amides is 1. The minimum Gasteiger partial charge on any atom is -0.493 e. The van der Waals surface area contributed by atoms with Crippen LogP contribution in [-0.2, 0) is 4.79 Å². The Kier molecular flexibility index (Phi) is 7.77. The highest BCUT2D eigenvalue weighted by Gasteiger charge is 2.35. The number of piperidine rings is 1. The number of methoxy groups -OCH3 is 1. The monoisotopic (exact) mass is 368 g/mol. The second-order valence-corrected chi connectivity index (χ2v) is 6.90. The Morgan fingerprint density at radius 1 is 1.40 bits per heavy atom. The van der Waals surface area contributed by atoms with Gasteiger partial charge in [0.15, 0.2) is 18.1 Å². The molecule has 1 aliphatic rings. The molecule has 1 aromatic rings. The number of allylic oxidation sites excluding steroid dienone is 1. The van der Waals surface area contributed by atoms with E-state index in [-0.39, 0.29) is 36.4 Å². The Bertz CT molecular complexity index is 617. The summed E-state index contributed by atoms with van der Waals surface area (Å²) in [6.45, 7) is 7.51. The Balaban J connectivity index is 0.00000312. The van der Waals surface area contributed by atoms with Gasteiger partial charge < -0.3 is 20.1 Å². The SMILES string of the molecule is C/C=C/c1ccc(OCC(=O)N2CCC(N)C(C)(C)C2)c(OC)c1.Cl. The Morgan fingerprint density at radius 2 is 2.12 bits per heavy atom. The zero-order chi connectivity index (χ0) is 17.7. The minimum atomic E-state index is -0.0697. The van der Waals surface area contributed by atoms with E-state index >= 15 is 0 Å². The van der Waals surface area contributed by atoms with Crippen molar-refractivity contribution < 1.29 is 14.3 Å². The summed E-state index contributed by atoms with van der Waals surface area (Å²) in [5, 5.41) is 0. The smallest absolute Gasteiger partial charge is 0.260 e. The van der Waals surface area contributed by atoms with Crippen molar-refractivity contribution in [1.29, 1.82) is 0 Å². The number of rotatable bonds is 5. The van der Waals surface area contributed by atoms with Crippen molar-refractivity contribution in [2.45, 2.75) is 33.2 Å².